The van der Waals surface area contributed by atoms with Crippen LogP contribution in [0.5, 0.6) is 0 Å². The number of hydrogen-bond donors (Lipinski definition) is 1. The molecule has 0 fully saturated rings. The number of alkyl carbamates (subject to hydrolysis) is 1. The maximum atomic E-state index is 11.8. The number of hydrogen-bond acceptors (Lipinski definition) is 6. The standard InChI is InChI=1S/C19H40N2O6Si/c1-18(2,3)27-17(23)21(7)11-13-25-16(22)20-10-12-24-14-15-26-28(8,9)19(4,5)6/h10-15H2,1-9H3,(H,20,22). The smallest absolute Gasteiger partial charge is 0.410 e. The lowest BCUT2D eigenvalue weighted by Gasteiger charge is -2.36. The molecule has 0 aliphatic carbocycles. The van der Waals surface area contributed by atoms with Crippen LogP contribution in [0.15, 0.2) is 0 Å². The lowest BCUT2D eigenvalue weighted by atomic mass is 10.2. The number of amides is 2. The fourth-order valence-corrected chi connectivity index (χ4v) is 2.68. The third-order valence-electron chi connectivity index (χ3n) is 4.38. The van der Waals surface area contributed by atoms with E-state index in [0.29, 0.717) is 26.4 Å². The summed E-state index contributed by atoms with van der Waals surface area (Å²) in [5.74, 6) is 0. The Morgan fingerprint density at radius 3 is 2.11 bits per heavy atom. The lowest BCUT2D eigenvalue weighted by molar-refractivity contribution is 0.0260. The molecule has 0 spiro atoms. The van der Waals surface area contributed by atoms with E-state index >= 15 is 0 Å². The van der Waals surface area contributed by atoms with Crippen molar-refractivity contribution in [2.24, 2.45) is 0 Å². The summed E-state index contributed by atoms with van der Waals surface area (Å²) in [5.41, 5.74) is -0.556. The van der Waals surface area contributed by atoms with Gasteiger partial charge in [-0.1, -0.05) is 20.8 Å². The number of carbonyl (C=O) groups is 2. The Hall–Kier alpha value is -1.32. The maximum Gasteiger partial charge on any atom is 0.410 e. The highest BCUT2D eigenvalue weighted by atomic mass is 28.4. The van der Waals surface area contributed by atoms with E-state index in [1.165, 1.54) is 4.90 Å². The number of nitrogens with one attached hydrogen (secondary N) is 1. The minimum absolute atomic E-state index is 0.0861. The molecule has 1 N–H and O–H groups in total. The monoisotopic (exact) mass is 420 g/mol. The zero-order valence-electron chi connectivity index (χ0n) is 19.1. The molecule has 2 amide bonds. The topological polar surface area (TPSA) is 86.3 Å². The van der Waals surface area contributed by atoms with Gasteiger partial charge in [-0.15, -0.1) is 0 Å². The predicted molar refractivity (Wildman–Crippen MR) is 112 cm³/mol. The molecular formula is C19H40N2O6Si. The highest BCUT2D eigenvalue weighted by molar-refractivity contribution is 6.74. The van der Waals surface area contributed by atoms with E-state index in [1.807, 2.05) is 0 Å². The van der Waals surface area contributed by atoms with Crippen molar-refractivity contribution < 1.29 is 28.2 Å². The molecule has 0 aliphatic rings. The van der Waals surface area contributed by atoms with Gasteiger partial charge in [0.25, 0.3) is 0 Å². The summed E-state index contributed by atoms with van der Waals surface area (Å²) in [4.78, 5) is 24.7. The summed E-state index contributed by atoms with van der Waals surface area (Å²) < 4.78 is 21.7. The van der Waals surface area contributed by atoms with E-state index in [1.54, 1.807) is 27.8 Å². The Morgan fingerprint density at radius 1 is 0.964 bits per heavy atom. The molecule has 0 atom stereocenters. The van der Waals surface area contributed by atoms with E-state index < -0.39 is 26.1 Å². The van der Waals surface area contributed by atoms with Crippen molar-refractivity contribution >= 4 is 20.5 Å². The van der Waals surface area contributed by atoms with Gasteiger partial charge in [-0.2, -0.15) is 0 Å². The van der Waals surface area contributed by atoms with Crippen LogP contribution in [-0.2, 0) is 18.6 Å². The van der Waals surface area contributed by atoms with Crippen LogP contribution in [0, 0.1) is 0 Å². The molecule has 0 rings (SSSR count). The summed E-state index contributed by atoms with van der Waals surface area (Å²) in [6.45, 7) is 18.5. The number of carbonyl (C=O) groups excluding carboxylic acids is 2. The van der Waals surface area contributed by atoms with Gasteiger partial charge in [0.15, 0.2) is 8.32 Å². The minimum atomic E-state index is -1.74. The molecule has 0 bridgehead atoms. The third kappa shape index (κ3) is 12.2. The number of rotatable bonds is 10. The van der Waals surface area contributed by atoms with E-state index in [4.69, 9.17) is 18.6 Å². The highest BCUT2D eigenvalue weighted by Gasteiger charge is 2.36. The third-order valence-corrected chi connectivity index (χ3v) is 8.92. The van der Waals surface area contributed by atoms with Crippen LogP contribution >= 0.6 is 0 Å². The Labute approximate surface area is 171 Å². The molecule has 0 aromatic rings. The molecule has 0 aromatic heterocycles. The molecule has 0 unspecified atom stereocenters. The second-order valence-electron chi connectivity index (χ2n) is 9.19. The van der Waals surface area contributed by atoms with Crippen LogP contribution in [0.1, 0.15) is 41.5 Å². The lowest BCUT2D eigenvalue weighted by Crippen LogP contribution is -2.41. The molecule has 28 heavy (non-hydrogen) atoms. The summed E-state index contributed by atoms with van der Waals surface area (Å²) in [6.07, 6.45) is -0.997. The van der Waals surface area contributed by atoms with Crippen LogP contribution in [0.2, 0.25) is 18.1 Å². The largest absolute Gasteiger partial charge is 0.448 e. The van der Waals surface area contributed by atoms with Crippen molar-refractivity contribution in [3.8, 4) is 0 Å². The van der Waals surface area contributed by atoms with Gasteiger partial charge in [-0.3, -0.25) is 0 Å². The molecule has 0 heterocycles. The van der Waals surface area contributed by atoms with Gasteiger partial charge in [0.2, 0.25) is 0 Å². The van der Waals surface area contributed by atoms with Gasteiger partial charge in [0.05, 0.1) is 26.4 Å². The first-order valence-electron chi connectivity index (χ1n) is 9.72. The fraction of sp³-hybridized carbons (Fsp3) is 0.895. The van der Waals surface area contributed by atoms with E-state index in [-0.39, 0.29) is 18.2 Å². The van der Waals surface area contributed by atoms with E-state index in [2.05, 4.69) is 39.2 Å². The van der Waals surface area contributed by atoms with E-state index in [0.717, 1.165) is 0 Å². The van der Waals surface area contributed by atoms with Gasteiger partial charge >= 0.3 is 12.2 Å². The average molecular weight is 421 g/mol. The minimum Gasteiger partial charge on any atom is -0.448 e. The molecule has 0 aliphatic heterocycles. The summed E-state index contributed by atoms with van der Waals surface area (Å²) in [6, 6.07) is 0. The van der Waals surface area contributed by atoms with Gasteiger partial charge in [0.1, 0.15) is 12.2 Å². The van der Waals surface area contributed by atoms with Gasteiger partial charge < -0.3 is 28.9 Å². The normalized spacial score (nSPS) is 12.5. The van der Waals surface area contributed by atoms with Crippen molar-refractivity contribution in [2.75, 3.05) is 46.6 Å². The first kappa shape index (κ1) is 26.7. The summed E-state index contributed by atoms with van der Waals surface area (Å²) in [5, 5.41) is 2.78. The maximum absolute atomic E-state index is 11.8. The second-order valence-corrected chi connectivity index (χ2v) is 14.0. The molecule has 0 saturated heterocycles. The molecule has 0 aromatic carbocycles. The molecular weight excluding hydrogens is 380 g/mol. The fourth-order valence-electron chi connectivity index (χ4n) is 1.66. The quantitative estimate of drug-likeness (QED) is 0.429. The Balaban J connectivity index is 3.75. The van der Waals surface area contributed by atoms with Crippen molar-refractivity contribution in [3.63, 3.8) is 0 Å². The molecule has 0 radical (unpaired) electrons. The SMILES string of the molecule is CN(CCOC(=O)NCCOCCO[Si](C)(C)C(C)(C)C)C(=O)OC(C)(C)C. The average Bonchev–Trinajstić information content (AvgIpc) is 2.51. The van der Waals surface area contributed by atoms with Gasteiger partial charge in [-0.25, -0.2) is 9.59 Å². The molecule has 0 saturated carbocycles. The summed E-state index contributed by atoms with van der Waals surface area (Å²) >= 11 is 0. The number of ether oxygens (including phenoxy) is 3. The number of likely N-dealkylation sites (N-methyl/N-ethyl adjacent to an activating group) is 1. The van der Waals surface area contributed by atoms with Crippen molar-refractivity contribution in [3.05, 3.63) is 0 Å². The van der Waals surface area contributed by atoms with Crippen molar-refractivity contribution in [1.82, 2.24) is 10.2 Å². The highest BCUT2D eigenvalue weighted by Crippen LogP contribution is 2.36. The Morgan fingerprint density at radius 2 is 1.57 bits per heavy atom. The predicted octanol–water partition coefficient (Wildman–Crippen LogP) is 3.62. The Bertz CT molecular complexity index is 486. The van der Waals surface area contributed by atoms with Crippen LogP contribution in [0.4, 0.5) is 9.59 Å². The van der Waals surface area contributed by atoms with Crippen LogP contribution in [0.25, 0.3) is 0 Å². The van der Waals surface area contributed by atoms with Gasteiger partial charge in [-0.05, 0) is 38.9 Å². The zero-order valence-corrected chi connectivity index (χ0v) is 20.1. The Kier molecular flexibility index (Phi) is 11.1. The molecule has 9 heteroatoms. The first-order chi connectivity index (χ1) is 12.7. The van der Waals surface area contributed by atoms with Crippen LogP contribution in [-0.4, -0.2) is 77.6 Å². The second kappa shape index (κ2) is 11.6. The first-order valence-corrected chi connectivity index (χ1v) is 12.6. The zero-order chi connectivity index (χ0) is 22.0. The van der Waals surface area contributed by atoms with Crippen LogP contribution < -0.4 is 5.32 Å². The molecule has 166 valence electrons. The van der Waals surface area contributed by atoms with Crippen molar-refractivity contribution in [2.45, 2.75) is 65.3 Å². The van der Waals surface area contributed by atoms with E-state index in [9.17, 15) is 9.59 Å². The number of nitrogens with zero attached hydrogens (tertiary/aromatic N) is 1. The van der Waals surface area contributed by atoms with Crippen LogP contribution in [0.3, 0.4) is 0 Å². The molecule has 8 nitrogen and oxygen atoms in total. The summed E-state index contributed by atoms with van der Waals surface area (Å²) in [7, 11) is -0.152. The van der Waals surface area contributed by atoms with Crippen molar-refractivity contribution in [1.29, 1.82) is 0 Å². The van der Waals surface area contributed by atoms with Gasteiger partial charge in [0, 0.05) is 13.6 Å².